The van der Waals surface area contributed by atoms with Crippen LogP contribution in [0.4, 0.5) is 4.79 Å². The molecule has 2 amide bonds. The summed E-state index contributed by atoms with van der Waals surface area (Å²) in [5.41, 5.74) is 0. The molecular weight excluding hydrogens is 270 g/mol. The summed E-state index contributed by atoms with van der Waals surface area (Å²) in [5.74, 6) is -0.401. The summed E-state index contributed by atoms with van der Waals surface area (Å²) < 4.78 is 0. The monoisotopic (exact) mass is 301 g/mol. The van der Waals surface area contributed by atoms with Gasteiger partial charge in [-0.25, -0.2) is 4.79 Å². The molecule has 0 bridgehead atoms. The van der Waals surface area contributed by atoms with Gasteiger partial charge in [-0.15, -0.1) is 0 Å². The highest BCUT2D eigenvalue weighted by atomic mass is 16.4. The van der Waals surface area contributed by atoms with Crippen molar-refractivity contribution in [1.29, 1.82) is 0 Å². The van der Waals surface area contributed by atoms with Crippen molar-refractivity contribution >= 4 is 12.0 Å². The Labute approximate surface area is 128 Å². The van der Waals surface area contributed by atoms with Crippen LogP contribution >= 0.6 is 0 Å². The highest BCUT2D eigenvalue weighted by molar-refractivity contribution is 5.76. The van der Waals surface area contributed by atoms with Crippen molar-refractivity contribution < 1.29 is 14.7 Å². The van der Waals surface area contributed by atoms with E-state index < -0.39 is 5.97 Å². The second kappa shape index (κ2) is 9.60. The topological polar surface area (TPSA) is 72.9 Å². The molecule has 6 heteroatoms. The number of carbonyl (C=O) groups is 2. The SMILES string of the molecule is CC(C)CC(CN(C)C)NC(=O)N(CCC(=O)O)C(C)C. The summed E-state index contributed by atoms with van der Waals surface area (Å²) >= 11 is 0. The first kappa shape index (κ1) is 19.7. The summed E-state index contributed by atoms with van der Waals surface area (Å²) in [6, 6.07) is -0.138. The number of nitrogens with one attached hydrogen (secondary N) is 1. The molecular formula is C15H31N3O3. The molecule has 1 atom stereocenters. The van der Waals surface area contributed by atoms with Crippen LogP contribution in [0.5, 0.6) is 0 Å². The van der Waals surface area contributed by atoms with E-state index in [0.717, 1.165) is 13.0 Å². The lowest BCUT2D eigenvalue weighted by atomic mass is 10.0. The van der Waals surface area contributed by atoms with E-state index in [0.29, 0.717) is 5.92 Å². The van der Waals surface area contributed by atoms with Crippen molar-refractivity contribution in [2.45, 2.75) is 52.6 Å². The Morgan fingerprint density at radius 3 is 2.10 bits per heavy atom. The normalized spacial score (nSPS) is 12.8. The fourth-order valence-corrected chi connectivity index (χ4v) is 2.26. The molecule has 0 rings (SSSR count). The molecule has 0 aliphatic carbocycles. The number of urea groups is 1. The maximum Gasteiger partial charge on any atom is 0.317 e. The van der Waals surface area contributed by atoms with E-state index in [-0.39, 0.29) is 31.1 Å². The molecule has 21 heavy (non-hydrogen) atoms. The van der Waals surface area contributed by atoms with Gasteiger partial charge in [0.05, 0.1) is 6.42 Å². The standard InChI is InChI=1S/C15H31N3O3/c1-11(2)9-13(10-17(5)6)16-15(21)18(12(3)4)8-7-14(19)20/h11-13H,7-10H2,1-6H3,(H,16,21)(H,19,20). The zero-order valence-corrected chi connectivity index (χ0v) is 14.2. The third-order valence-electron chi connectivity index (χ3n) is 3.12. The van der Waals surface area contributed by atoms with E-state index in [1.54, 1.807) is 4.90 Å². The minimum atomic E-state index is -0.888. The number of likely N-dealkylation sites (N-methyl/N-ethyl adjacent to an activating group) is 1. The van der Waals surface area contributed by atoms with Crippen LogP contribution in [0.15, 0.2) is 0 Å². The summed E-state index contributed by atoms with van der Waals surface area (Å²) in [4.78, 5) is 26.7. The quantitative estimate of drug-likeness (QED) is 0.682. The van der Waals surface area contributed by atoms with Gasteiger partial charge in [0, 0.05) is 25.2 Å². The van der Waals surface area contributed by atoms with Gasteiger partial charge in [0.2, 0.25) is 0 Å². The van der Waals surface area contributed by atoms with Crippen molar-refractivity contribution in [2.24, 2.45) is 5.92 Å². The van der Waals surface area contributed by atoms with Crippen LogP contribution in [0, 0.1) is 5.92 Å². The molecule has 2 N–H and O–H groups in total. The Bertz CT molecular complexity index is 320. The van der Waals surface area contributed by atoms with Gasteiger partial charge >= 0.3 is 12.0 Å². The lowest BCUT2D eigenvalue weighted by Crippen LogP contribution is -2.51. The van der Waals surface area contributed by atoms with Gasteiger partial charge in [-0.1, -0.05) is 13.8 Å². The Morgan fingerprint density at radius 2 is 1.71 bits per heavy atom. The Kier molecular flexibility index (Phi) is 9.01. The minimum Gasteiger partial charge on any atom is -0.481 e. The van der Waals surface area contributed by atoms with Crippen molar-refractivity contribution in [3.8, 4) is 0 Å². The smallest absolute Gasteiger partial charge is 0.317 e. The van der Waals surface area contributed by atoms with Gasteiger partial charge in [0.1, 0.15) is 0 Å². The highest BCUT2D eigenvalue weighted by Crippen LogP contribution is 2.08. The first-order chi connectivity index (χ1) is 9.63. The highest BCUT2D eigenvalue weighted by Gasteiger charge is 2.21. The Balaban J connectivity index is 4.69. The molecule has 0 fully saturated rings. The number of carboxylic acids is 1. The molecule has 0 heterocycles. The third kappa shape index (κ3) is 9.28. The van der Waals surface area contributed by atoms with Crippen LogP contribution in [0.2, 0.25) is 0 Å². The lowest BCUT2D eigenvalue weighted by molar-refractivity contribution is -0.137. The number of carboxylic acid groups (broad SMARTS) is 1. The van der Waals surface area contributed by atoms with E-state index in [1.165, 1.54) is 0 Å². The summed E-state index contributed by atoms with van der Waals surface area (Å²) in [5, 5.41) is 11.8. The molecule has 0 aliphatic heterocycles. The Morgan fingerprint density at radius 1 is 1.14 bits per heavy atom. The van der Waals surface area contributed by atoms with E-state index in [2.05, 4.69) is 19.2 Å². The average Bonchev–Trinajstić information content (AvgIpc) is 2.25. The number of hydrogen-bond donors (Lipinski definition) is 2. The zero-order chi connectivity index (χ0) is 16.6. The first-order valence-electron chi connectivity index (χ1n) is 7.57. The fourth-order valence-electron chi connectivity index (χ4n) is 2.26. The maximum atomic E-state index is 12.4. The molecule has 1 unspecified atom stereocenters. The summed E-state index contributed by atoms with van der Waals surface area (Å²) in [6.45, 7) is 9.04. The molecule has 0 aromatic carbocycles. The number of nitrogens with zero attached hydrogens (tertiary/aromatic N) is 2. The van der Waals surface area contributed by atoms with Gasteiger partial charge in [0.25, 0.3) is 0 Å². The van der Waals surface area contributed by atoms with Crippen LogP contribution in [0.25, 0.3) is 0 Å². The molecule has 0 aromatic rings. The second-order valence-corrected chi connectivity index (χ2v) is 6.47. The lowest BCUT2D eigenvalue weighted by Gasteiger charge is -2.30. The largest absolute Gasteiger partial charge is 0.481 e. The number of aliphatic carboxylic acids is 1. The molecule has 0 aliphatic rings. The van der Waals surface area contributed by atoms with Crippen molar-refractivity contribution in [2.75, 3.05) is 27.2 Å². The van der Waals surface area contributed by atoms with Crippen LogP contribution < -0.4 is 5.32 Å². The van der Waals surface area contributed by atoms with Crippen LogP contribution in [-0.2, 0) is 4.79 Å². The zero-order valence-electron chi connectivity index (χ0n) is 14.2. The van der Waals surface area contributed by atoms with Crippen LogP contribution in [0.1, 0.15) is 40.5 Å². The summed E-state index contributed by atoms with van der Waals surface area (Å²) in [6.07, 6.45) is 0.864. The predicted octanol–water partition coefficient (Wildman–Crippen LogP) is 1.86. The molecule has 0 spiro atoms. The van der Waals surface area contributed by atoms with Crippen LogP contribution in [-0.4, -0.2) is 66.2 Å². The summed E-state index contributed by atoms with van der Waals surface area (Å²) in [7, 11) is 3.95. The molecule has 0 aromatic heterocycles. The van der Waals surface area contributed by atoms with Gasteiger partial charge in [0.15, 0.2) is 0 Å². The fraction of sp³-hybridized carbons (Fsp3) is 0.867. The maximum absolute atomic E-state index is 12.4. The number of amides is 2. The van der Waals surface area contributed by atoms with Crippen molar-refractivity contribution in [3.05, 3.63) is 0 Å². The number of hydrogen-bond acceptors (Lipinski definition) is 3. The van der Waals surface area contributed by atoms with E-state index in [9.17, 15) is 9.59 Å². The van der Waals surface area contributed by atoms with Crippen LogP contribution in [0.3, 0.4) is 0 Å². The number of carbonyl (C=O) groups excluding carboxylic acids is 1. The van der Waals surface area contributed by atoms with E-state index >= 15 is 0 Å². The van der Waals surface area contributed by atoms with Gasteiger partial charge in [-0.3, -0.25) is 4.79 Å². The molecule has 0 saturated heterocycles. The van der Waals surface area contributed by atoms with Crippen molar-refractivity contribution in [1.82, 2.24) is 15.1 Å². The van der Waals surface area contributed by atoms with Gasteiger partial charge in [-0.05, 0) is 40.3 Å². The van der Waals surface area contributed by atoms with Crippen molar-refractivity contribution in [3.63, 3.8) is 0 Å². The average molecular weight is 301 g/mol. The molecule has 0 saturated carbocycles. The predicted molar refractivity (Wildman–Crippen MR) is 84.4 cm³/mol. The molecule has 0 radical (unpaired) electrons. The van der Waals surface area contributed by atoms with E-state index in [4.69, 9.17) is 5.11 Å². The first-order valence-corrected chi connectivity index (χ1v) is 7.57. The molecule has 6 nitrogen and oxygen atoms in total. The second-order valence-electron chi connectivity index (χ2n) is 6.47. The van der Waals surface area contributed by atoms with Gasteiger partial charge < -0.3 is 20.2 Å². The third-order valence-corrected chi connectivity index (χ3v) is 3.12. The molecule has 124 valence electrons. The minimum absolute atomic E-state index is 0.0246. The van der Waals surface area contributed by atoms with Gasteiger partial charge in [-0.2, -0.15) is 0 Å². The Hall–Kier alpha value is -1.30. The van der Waals surface area contributed by atoms with E-state index in [1.807, 2.05) is 32.8 Å². The number of rotatable bonds is 9.